The third kappa shape index (κ3) is 3.17. The summed E-state index contributed by atoms with van der Waals surface area (Å²) in [5.41, 5.74) is 3.26. The molecule has 21 heavy (non-hydrogen) atoms. The second-order valence-electron chi connectivity index (χ2n) is 5.19. The zero-order valence-corrected chi connectivity index (χ0v) is 12.0. The number of aliphatic hydroxyl groups is 1. The predicted octanol–water partition coefficient (Wildman–Crippen LogP) is 2.76. The van der Waals surface area contributed by atoms with E-state index in [1.807, 2.05) is 30.3 Å². The summed E-state index contributed by atoms with van der Waals surface area (Å²) in [6.45, 7) is 3.25. The highest BCUT2D eigenvalue weighted by molar-refractivity contribution is 5.45. The van der Waals surface area contributed by atoms with Crippen LogP contribution in [-0.4, -0.2) is 11.9 Å². The normalized spacial score (nSPS) is 14.2. The van der Waals surface area contributed by atoms with Crippen LogP contribution in [0.15, 0.2) is 42.5 Å². The van der Waals surface area contributed by atoms with Crippen molar-refractivity contribution in [1.82, 2.24) is 5.32 Å². The molecule has 4 nitrogen and oxygen atoms in total. The molecule has 0 fully saturated rings. The number of benzene rings is 2. The first-order valence-corrected chi connectivity index (χ1v) is 7.08. The SMILES string of the molecule is CC(NCc1cccc(CO)c1)c1ccc2c(c1)OCO2. The Bertz CT molecular complexity index is 627. The first kappa shape index (κ1) is 13.9. The van der Waals surface area contributed by atoms with Crippen molar-refractivity contribution in [3.63, 3.8) is 0 Å². The van der Waals surface area contributed by atoms with Crippen LogP contribution >= 0.6 is 0 Å². The lowest BCUT2D eigenvalue weighted by Gasteiger charge is -2.15. The van der Waals surface area contributed by atoms with Crippen molar-refractivity contribution in [1.29, 1.82) is 0 Å². The number of aliphatic hydroxyl groups excluding tert-OH is 1. The van der Waals surface area contributed by atoms with Crippen molar-refractivity contribution in [3.05, 3.63) is 59.2 Å². The number of rotatable bonds is 5. The van der Waals surface area contributed by atoms with Crippen LogP contribution in [-0.2, 0) is 13.2 Å². The van der Waals surface area contributed by atoms with Gasteiger partial charge in [-0.2, -0.15) is 0 Å². The fourth-order valence-electron chi connectivity index (χ4n) is 2.41. The summed E-state index contributed by atoms with van der Waals surface area (Å²) in [6.07, 6.45) is 0. The summed E-state index contributed by atoms with van der Waals surface area (Å²) in [5.74, 6) is 1.62. The number of nitrogens with one attached hydrogen (secondary N) is 1. The second kappa shape index (κ2) is 6.16. The van der Waals surface area contributed by atoms with Gasteiger partial charge in [-0.1, -0.05) is 30.3 Å². The van der Waals surface area contributed by atoms with Gasteiger partial charge in [0.05, 0.1) is 6.61 Å². The van der Waals surface area contributed by atoms with E-state index in [1.54, 1.807) is 0 Å². The van der Waals surface area contributed by atoms with E-state index in [0.717, 1.165) is 34.7 Å². The molecule has 0 spiro atoms. The average molecular weight is 285 g/mol. The van der Waals surface area contributed by atoms with Gasteiger partial charge in [0.1, 0.15) is 0 Å². The Morgan fingerprint density at radius 1 is 1.10 bits per heavy atom. The molecule has 0 aromatic heterocycles. The molecule has 2 aromatic carbocycles. The first-order valence-electron chi connectivity index (χ1n) is 7.08. The van der Waals surface area contributed by atoms with Gasteiger partial charge in [-0.15, -0.1) is 0 Å². The quantitative estimate of drug-likeness (QED) is 0.887. The van der Waals surface area contributed by atoms with Crippen LogP contribution in [0.25, 0.3) is 0 Å². The molecule has 1 unspecified atom stereocenters. The van der Waals surface area contributed by atoms with Crippen LogP contribution in [0, 0.1) is 0 Å². The Labute approximate surface area is 124 Å². The monoisotopic (exact) mass is 285 g/mol. The Hall–Kier alpha value is -2.04. The molecule has 2 aromatic rings. The van der Waals surface area contributed by atoms with Gasteiger partial charge in [-0.3, -0.25) is 0 Å². The average Bonchev–Trinajstić information content (AvgIpc) is 3.00. The van der Waals surface area contributed by atoms with Crippen LogP contribution in [0.5, 0.6) is 11.5 Å². The molecule has 0 saturated heterocycles. The van der Waals surface area contributed by atoms with Gasteiger partial charge in [-0.05, 0) is 35.7 Å². The van der Waals surface area contributed by atoms with Gasteiger partial charge in [0.15, 0.2) is 11.5 Å². The summed E-state index contributed by atoms with van der Waals surface area (Å²) in [5, 5.41) is 12.6. The van der Waals surface area contributed by atoms with Gasteiger partial charge < -0.3 is 19.9 Å². The van der Waals surface area contributed by atoms with Gasteiger partial charge >= 0.3 is 0 Å². The van der Waals surface area contributed by atoms with Gasteiger partial charge in [0, 0.05) is 12.6 Å². The topological polar surface area (TPSA) is 50.7 Å². The molecule has 1 aliphatic heterocycles. The Morgan fingerprint density at radius 2 is 1.90 bits per heavy atom. The van der Waals surface area contributed by atoms with E-state index < -0.39 is 0 Å². The third-order valence-corrected chi connectivity index (χ3v) is 3.68. The lowest BCUT2D eigenvalue weighted by Crippen LogP contribution is -2.18. The third-order valence-electron chi connectivity index (χ3n) is 3.68. The van der Waals surface area contributed by atoms with Crippen LogP contribution < -0.4 is 14.8 Å². The molecule has 4 heteroatoms. The van der Waals surface area contributed by atoms with Crippen LogP contribution in [0.4, 0.5) is 0 Å². The molecule has 0 aliphatic carbocycles. The number of fused-ring (bicyclic) bond motifs is 1. The smallest absolute Gasteiger partial charge is 0.231 e. The maximum Gasteiger partial charge on any atom is 0.231 e. The molecular formula is C17H19NO3. The van der Waals surface area contributed by atoms with Crippen molar-refractivity contribution in [2.75, 3.05) is 6.79 Å². The molecule has 0 radical (unpaired) electrons. The van der Waals surface area contributed by atoms with E-state index in [2.05, 4.69) is 24.4 Å². The highest BCUT2D eigenvalue weighted by Gasteiger charge is 2.15. The minimum Gasteiger partial charge on any atom is -0.454 e. The lowest BCUT2D eigenvalue weighted by molar-refractivity contribution is 0.174. The predicted molar refractivity (Wildman–Crippen MR) is 80.2 cm³/mol. The number of ether oxygens (including phenoxy) is 2. The zero-order chi connectivity index (χ0) is 14.7. The van der Waals surface area contributed by atoms with Crippen molar-refractivity contribution < 1.29 is 14.6 Å². The molecule has 1 atom stereocenters. The summed E-state index contributed by atoms with van der Waals surface area (Å²) in [6, 6.07) is 14.2. The van der Waals surface area contributed by atoms with E-state index in [-0.39, 0.29) is 12.6 Å². The van der Waals surface area contributed by atoms with Gasteiger partial charge in [0.25, 0.3) is 0 Å². The maximum atomic E-state index is 9.16. The first-order chi connectivity index (χ1) is 10.3. The molecular weight excluding hydrogens is 266 g/mol. The highest BCUT2D eigenvalue weighted by Crippen LogP contribution is 2.34. The molecule has 2 N–H and O–H groups in total. The minimum absolute atomic E-state index is 0.0750. The van der Waals surface area contributed by atoms with E-state index in [0.29, 0.717) is 6.79 Å². The number of hydrogen-bond donors (Lipinski definition) is 2. The molecule has 1 aliphatic rings. The maximum absolute atomic E-state index is 9.16. The lowest BCUT2D eigenvalue weighted by atomic mass is 10.1. The number of hydrogen-bond acceptors (Lipinski definition) is 4. The van der Waals surface area contributed by atoms with Gasteiger partial charge in [0.2, 0.25) is 6.79 Å². The fourth-order valence-corrected chi connectivity index (χ4v) is 2.41. The van der Waals surface area contributed by atoms with E-state index >= 15 is 0 Å². The Morgan fingerprint density at radius 3 is 2.76 bits per heavy atom. The summed E-state index contributed by atoms with van der Waals surface area (Å²) in [7, 11) is 0. The zero-order valence-electron chi connectivity index (χ0n) is 12.0. The molecule has 0 saturated carbocycles. The van der Waals surface area contributed by atoms with Crippen molar-refractivity contribution in [2.24, 2.45) is 0 Å². The Kier molecular flexibility index (Phi) is 4.08. The molecule has 1 heterocycles. The largest absolute Gasteiger partial charge is 0.454 e. The summed E-state index contributed by atoms with van der Waals surface area (Å²) < 4.78 is 10.7. The minimum atomic E-state index is 0.0750. The fraction of sp³-hybridized carbons (Fsp3) is 0.294. The molecule has 110 valence electrons. The van der Waals surface area contributed by atoms with Crippen molar-refractivity contribution in [3.8, 4) is 11.5 Å². The molecule has 0 amide bonds. The van der Waals surface area contributed by atoms with Crippen molar-refractivity contribution in [2.45, 2.75) is 26.1 Å². The van der Waals surface area contributed by atoms with Crippen LogP contribution in [0.1, 0.15) is 29.7 Å². The standard InChI is InChI=1S/C17H19NO3/c1-12(15-5-6-16-17(8-15)21-11-20-16)18-9-13-3-2-4-14(7-13)10-19/h2-8,12,18-19H,9-11H2,1H3. The van der Waals surface area contributed by atoms with Crippen LogP contribution in [0.2, 0.25) is 0 Å². The van der Waals surface area contributed by atoms with E-state index in [9.17, 15) is 0 Å². The van der Waals surface area contributed by atoms with Crippen LogP contribution in [0.3, 0.4) is 0 Å². The van der Waals surface area contributed by atoms with E-state index in [1.165, 1.54) is 0 Å². The molecule has 3 rings (SSSR count). The highest BCUT2D eigenvalue weighted by atomic mass is 16.7. The Balaban J connectivity index is 1.64. The van der Waals surface area contributed by atoms with E-state index in [4.69, 9.17) is 14.6 Å². The summed E-state index contributed by atoms with van der Waals surface area (Å²) >= 11 is 0. The summed E-state index contributed by atoms with van der Waals surface area (Å²) in [4.78, 5) is 0. The second-order valence-corrected chi connectivity index (χ2v) is 5.19. The van der Waals surface area contributed by atoms with Gasteiger partial charge in [-0.25, -0.2) is 0 Å². The van der Waals surface area contributed by atoms with Crippen molar-refractivity contribution >= 4 is 0 Å². The molecule has 0 bridgehead atoms.